The largest absolute Gasteiger partial charge is 0.352 e. The molecule has 7 heteroatoms. The number of carbonyl (C=O) groups excluding carboxylic acids is 1. The Morgan fingerprint density at radius 2 is 1.68 bits per heavy atom. The Labute approximate surface area is 171 Å². The summed E-state index contributed by atoms with van der Waals surface area (Å²) in [6.45, 7) is 1.89. The third kappa shape index (κ3) is 5.34. The predicted molar refractivity (Wildman–Crippen MR) is 111 cm³/mol. The maximum absolute atomic E-state index is 13.2. The summed E-state index contributed by atoms with van der Waals surface area (Å²) in [7, 11) is -3.84. The zero-order chi connectivity index (χ0) is 20.1. The van der Waals surface area contributed by atoms with E-state index in [9.17, 15) is 13.2 Å². The van der Waals surface area contributed by atoms with Crippen LogP contribution in [-0.4, -0.2) is 31.2 Å². The molecule has 0 unspecified atom stereocenters. The molecule has 0 aliphatic heterocycles. The van der Waals surface area contributed by atoms with Crippen molar-refractivity contribution in [2.24, 2.45) is 0 Å². The van der Waals surface area contributed by atoms with Crippen molar-refractivity contribution in [3.63, 3.8) is 0 Å². The van der Waals surface area contributed by atoms with Crippen LogP contribution in [-0.2, 0) is 21.4 Å². The third-order valence-electron chi connectivity index (χ3n) is 4.97. The van der Waals surface area contributed by atoms with Crippen molar-refractivity contribution in [3.05, 3.63) is 64.7 Å². The first-order valence-corrected chi connectivity index (χ1v) is 11.3. The summed E-state index contributed by atoms with van der Waals surface area (Å²) in [4.78, 5) is 12.7. The normalized spacial score (nSPS) is 15.1. The van der Waals surface area contributed by atoms with E-state index >= 15 is 0 Å². The van der Waals surface area contributed by atoms with Crippen molar-refractivity contribution in [2.75, 3.05) is 6.54 Å². The van der Waals surface area contributed by atoms with Crippen molar-refractivity contribution in [1.29, 1.82) is 0 Å². The van der Waals surface area contributed by atoms with E-state index in [1.165, 1.54) is 28.6 Å². The quantitative estimate of drug-likeness (QED) is 0.738. The second kappa shape index (κ2) is 9.07. The number of aryl methyl sites for hydroxylation is 1. The van der Waals surface area contributed by atoms with Gasteiger partial charge in [-0.05, 0) is 49.6 Å². The highest BCUT2D eigenvalue weighted by Crippen LogP contribution is 2.21. The molecule has 0 atom stereocenters. The van der Waals surface area contributed by atoms with Crippen LogP contribution in [0.4, 0.5) is 0 Å². The SMILES string of the molecule is Cc1ccc(CN(CC(=O)NC2CCCC2)S(=O)(=O)c2ccc(Cl)cc2)cc1. The van der Waals surface area contributed by atoms with Crippen molar-refractivity contribution in [1.82, 2.24) is 9.62 Å². The van der Waals surface area contributed by atoms with Gasteiger partial charge in [-0.25, -0.2) is 8.42 Å². The van der Waals surface area contributed by atoms with Gasteiger partial charge in [0.2, 0.25) is 15.9 Å². The first-order valence-electron chi connectivity index (χ1n) is 9.45. The fourth-order valence-corrected chi connectivity index (χ4v) is 4.89. The maximum atomic E-state index is 13.2. The van der Waals surface area contributed by atoms with Crippen LogP contribution in [0.2, 0.25) is 5.02 Å². The molecular weight excluding hydrogens is 396 g/mol. The van der Waals surface area contributed by atoms with E-state index in [0.29, 0.717) is 5.02 Å². The molecule has 2 aromatic rings. The Hall–Kier alpha value is -1.89. The van der Waals surface area contributed by atoms with Crippen LogP contribution in [0, 0.1) is 6.92 Å². The molecular formula is C21H25ClN2O3S. The fraction of sp³-hybridized carbons (Fsp3) is 0.381. The molecule has 2 aromatic carbocycles. The molecule has 28 heavy (non-hydrogen) atoms. The molecule has 0 bridgehead atoms. The zero-order valence-corrected chi connectivity index (χ0v) is 17.5. The van der Waals surface area contributed by atoms with Gasteiger partial charge >= 0.3 is 0 Å². The first-order chi connectivity index (χ1) is 13.3. The van der Waals surface area contributed by atoms with E-state index < -0.39 is 10.0 Å². The Balaban J connectivity index is 1.83. The second-order valence-corrected chi connectivity index (χ2v) is 9.64. The van der Waals surface area contributed by atoms with Gasteiger partial charge in [-0.3, -0.25) is 4.79 Å². The minimum atomic E-state index is -3.84. The highest BCUT2D eigenvalue weighted by molar-refractivity contribution is 7.89. The highest BCUT2D eigenvalue weighted by atomic mass is 35.5. The number of carbonyl (C=O) groups is 1. The van der Waals surface area contributed by atoms with Gasteiger partial charge in [0.15, 0.2) is 0 Å². The smallest absolute Gasteiger partial charge is 0.243 e. The van der Waals surface area contributed by atoms with E-state index in [1.807, 2.05) is 31.2 Å². The van der Waals surface area contributed by atoms with Crippen LogP contribution in [0.15, 0.2) is 53.4 Å². The highest BCUT2D eigenvalue weighted by Gasteiger charge is 2.28. The van der Waals surface area contributed by atoms with Crippen molar-refractivity contribution in [2.45, 2.75) is 50.1 Å². The molecule has 0 saturated heterocycles. The number of halogens is 1. The van der Waals surface area contributed by atoms with Crippen LogP contribution in [0.1, 0.15) is 36.8 Å². The summed E-state index contributed by atoms with van der Waals surface area (Å²) in [6.07, 6.45) is 4.10. The number of amides is 1. The molecule has 0 aromatic heterocycles. The Bertz CT molecular complexity index is 906. The number of hydrogen-bond donors (Lipinski definition) is 1. The summed E-state index contributed by atoms with van der Waals surface area (Å²) in [6, 6.07) is 13.8. The van der Waals surface area contributed by atoms with Gasteiger partial charge < -0.3 is 5.32 Å². The first kappa shape index (κ1) is 20.8. The molecule has 1 aliphatic carbocycles. The average molecular weight is 421 g/mol. The fourth-order valence-electron chi connectivity index (χ4n) is 3.38. The molecule has 0 spiro atoms. The standard InChI is InChI=1S/C21H25ClN2O3S/c1-16-6-8-17(9-7-16)14-24(15-21(25)23-19-4-2-3-5-19)28(26,27)20-12-10-18(22)11-13-20/h6-13,19H,2-5,14-15H2,1H3,(H,23,25). The number of benzene rings is 2. The van der Waals surface area contributed by atoms with E-state index in [-0.39, 0.29) is 29.9 Å². The van der Waals surface area contributed by atoms with Crippen LogP contribution in [0.25, 0.3) is 0 Å². The van der Waals surface area contributed by atoms with Crippen LogP contribution in [0.5, 0.6) is 0 Å². The number of rotatable bonds is 7. The summed E-state index contributed by atoms with van der Waals surface area (Å²) in [5, 5.41) is 3.43. The molecule has 1 fully saturated rings. The Morgan fingerprint density at radius 3 is 2.29 bits per heavy atom. The lowest BCUT2D eigenvalue weighted by atomic mass is 10.1. The summed E-state index contributed by atoms with van der Waals surface area (Å²) < 4.78 is 27.6. The minimum Gasteiger partial charge on any atom is -0.352 e. The van der Waals surface area contributed by atoms with E-state index in [4.69, 9.17) is 11.6 Å². The van der Waals surface area contributed by atoms with Gasteiger partial charge in [-0.1, -0.05) is 54.3 Å². The lowest BCUT2D eigenvalue weighted by Crippen LogP contribution is -2.43. The van der Waals surface area contributed by atoms with Gasteiger partial charge in [0.1, 0.15) is 0 Å². The monoisotopic (exact) mass is 420 g/mol. The van der Waals surface area contributed by atoms with E-state index in [2.05, 4.69) is 5.32 Å². The molecule has 0 radical (unpaired) electrons. The maximum Gasteiger partial charge on any atom is 0.243 e. The molecule has 150 valence electrons. The lowest BCUT2D eigenvalue weighted by Gasteiger charge is -2.23. The summed E-state index contributed by atoms with van der Waals surface area (Å²) in [5.41, 5.74) is 1.92. The summed E-state index contributed by atoms with van der Waals surface area (Å²) in [5.74, 6) is -0.267. The van der Waals surface area contributed by atoms with E-state index in [1.54, 1.807) is 0 Å². The molecule has 3 rings (SSSR count). The van der Waals surface area contributed by atoms with Crippen molar-refractivity contribution in [3.8, 4) is 0 Å². The average Bonchev–Trinajstić information content (AvgIpc) is 3.16. The second-order valence-electron chi connectivity index (χ2n) is 7.26. The van der Waals surface area contributed by atoms with Gasteiger partial charge in [0.25, 0.3) is 0 Å². The molecule has 5 nitrogen and oxygen atoms in total. The number of nitrogens with zero attached hydrogens (tertiary/aromatic N) is 1. The third-order valence-corrected chi connectivity index (χ3v) is 7.03. The predicted octanol–water partition coefficient (Wildman–Crippen LogP) is 3.90. The molecule has 1 saturated carbocycles. The minimum absolute atomic E-state index is 0.123. The molecule has 1 aliphatic rings. The molecule has 1 amide bonds. The van der Waals surface area contributed by atoms with Crippen molar-refractivity contribution >= 4 is 27.5 Å². The van der Waals surface area contributed by atoms with Crippen LogP contribution >= 0.6 is 11.6 Å². The topological polar surface area (TPSA) is 66.5 Å². The Kier molecular flexibility index (Phi) is 6.75. The van der Waals surface area contributed by atoms with Gasteiger partial charge in [0.05, 0.1) is 11.4 Å². The molecule has 0 heterocycles. The van der Waals surface area contributed by atoms with Crippen LogP contribution in [0.3, 0.4) is 0 Å². The number of nitrogens with one attached hydrogen (secondary N) is 1. The Morgan fingerprint density at radius 1 is 1.07 bits per heavy atom. The zero-order valence-electron chi connectivity index (χ0n) is 15.9. The van der Waals surface area contributed by atoms with Gasteiger partial charge in [0, 0.05) is 17.6 Å². The number of hydrogen-bond acceptors (Lipinski definition) is 3. The summed E-state index contributed by atoms with van der Waals surface area (Å²) >= 11 is 5.89. The van der Waals surface area contributed by atoms with E-state index in [0.717, 1.165) is 36.8 Å². The number of sulfonamides is 1. The van der Waals surface area contributed by atoms with Gasteiger partial charge in [-0.15, -0.1) is 0 Å². The molecule has 1 N–H and O–H groups in total. The van der Waals surface area contributed by atoms with Gasteiger partial charge in [-0.2, -0.15) is 4.31 Å². The van der Waals surface area contributed by atoms with Crippen molar-refractivity contribution < 1.29 is 13.2 Å². The van der Waals surface area contributed by atoms with Crippen LogP contribution < -0.4 is 5.32 Å². The lowest BCUT2D eigenvalue weighted by molar-refractivity contribution is -0.122.